The molecule has 2 rings (SSSR count). The summed E-state index contributed by atoms with van der Waals surface area (Å²) in [7, 11) is 0. The van der Waals surface area contributed by atoms with Crippen molar-refractivity contribution in [2.75, 3.05) is 0 Å². The van der Waals surface area contributed by atoms with E-state index in [9.17, 15) is 4.79 Å². The summed E-state index contributed by atoms with van der Waals surface area (Å²) in [6.45, 7) is 1.94. The summed E-state index contributed by atoms with van der Waals surface area (Å²) < 4.78 is 1.03. The molecular weight excluding hydrogens is 210 g/mol. The van der Waals surface area contributed by atoms with E-state index >= 15 is 0 Å². The molecule has 74 valence electrons. The van der Waals surface area contributed by atoms with Crippen LogP contribution in [-0.2, 0) is 4.79 Å². The fourth-order valence-corrected chi connectivity index (χ4v) is 2.11. The Balaban J connectivity index is 2.48. The third kappa shape index (κ3) is 2.14. The van der Waals surface area contributed by atoms with Crippen molar-refractivity contribution in [3.8, 4) is 11.8 Å². The Morgan fingerprint density at radius 3 is 3.07 bits per heavy atom. The lowest BCUT2D eigenvalue weighted by molar-refractivity contribution is -0.130. The number of carboxylic acid groups (broad SMARTS) is 1. The highest BCUT2D eigenvalue weighted by Crippen LogP contribution is 2.22. The van der Waals surface area contributed by atoms with E-state index in [2.05, 4.69) is 16.8 Å². The molecule has 1 N–H and O–H groups in total. The van der Waals surface area contributed by atoms with Gasteiger partial charge >= 0.3 is 5.97 Å². The number of aliphatic carboxylic acids is 1. The van der Waals surface area contributed by atoms with Crippen LogP contribution in [0.25, 0.3) is 10.2 Å². The van der Waals surface area contributed by atoms with Crippen LogP contribution in [0.15, 0.2) is 18.2 Å². The van der Waals surface area contributed by atoms with Gasteiger partial charge in [0.05, 0.1) is 15.2 Å². The number of carboxylic acids is 1. The molecule has 1 aromatic carbocycles. The summed E-state index contributed by atoms with van der Waals surface area (Å²) in [5.41, 5.74) is 1.63. The molecule has 0 atom stereocenters. The molecule has 0 saturated heterocycles. The SMILES string of the molecule is Cc1nc2ccc(C#CC(=O)O)cc2s1. The monoisotopic (exact) mass is 217 g/mol. The summed E-state index contributed by atoms with van der Waals surface area (Å²) in [6.07, 6.45) is 0. The van der Waals surface area contributed by atoms with Gasteiger partial charge in [-0.25, -0.2) is 9.78 Å². The second kappa shape index (κ2) is 3.71. The molecule has 0 radical (unpaired) electrons. The van der Waals surface area contributed by atoms with E-state index in [0.717, 1.165) is 15.2 Å². The Morgan fingerprint density at radius 1 is 1.53 bits per heavy atom. The molecule has 3 nitrogen and oxygen atoms in total. The highest BCUT2D eigenvalue weighted by molar-refractivity contribution is 7.18. The average molecular weight is 217 g/mol. The number of nitrogens with zero attached hydrogens (tertiary/aromatic N) is 1. The first-order chi connectivity index (χ1) is 7.15. The van der Waals surface area contributed by atoms with E-state index in [0.29, 0.717) is 5.56 Å². The maximum absolute atomic E-state index is 10.3. The van der Waals surface area contributed by atoms with Gasteiger partial charge in [-0.15, -0.1) is 11.3 Å². The molecular formula is C11H7NO2S. The molecule has 0 aliphatic heterocycles. The number of aryl methyl sites for hydroxylation is 1. The van der Waals surface area contributed by atoms with Crippen LogP contribution in [-0.4, -0.2) is 16.1 Å². The minimum absolute atomic E-state index is 0.702. The fraction of sp³-hybridized carbons (Fsp3) is 0.0909. The van der Waals surface area contributed by atoms with Gasteiger partial charge < -0.3 is 5.11 Å². The van der Waals surface area contributed by atoms with Gasteiger partial charge in [0.15, 0.2) is 0 Å². The zero-order valence-corrected chi connectivity index (χ0v) is 8.76. The Labute approximate surface area is 90.4 Å². The summed E-state index contributed by atoms with van der Waals surface area (Å²) in [4.78, 5) is 14.6. The second-order valence-corrected chi connectivity index (χ2v) is 4.21. The lowest BCUT2D eigenvalue weighted by Gasteiger charge is -1.89. The number of aromatic nitrogens is 1. The summed E-state index contributed by atoms with van der Waals surface area (Å²) in [5, 5.41) is 9.40. The summed E-state index contributed by atoms with van der Waals surface area (Å²) in [6, 6.07) is 5.48. The maximum atomic E-state index is 10.3. The van der Waals surface area contributed by atoms with Crippen LogP contribution in [0.2, 0.25) is 0 Å². The van der Waals surface area contributed by atoms with Crippen molar-refractivity contribution in [3.63, 3.8) is 0 Å². The summed E-state index contributed by atoms with van der Waals surface area (Å²) >= 11 is 1.57. The first kappa shape index (κ1) is 9.69. The second-order valence-electron chi connectivity index (χ2n) is 2.97. The quantitative estimate of drug-likeness (QED) is 0.687. The van der Waals surface area contributed by atoms with Crippen molar-refractivity contribution in [3.05, 3.63) is 28.8 Å². The lowest BCUT2D eigenvalue weighted by atomic mass is 10.2. The molecule has 0 spiro atoms. The van der Waals surface area contributed by atoms with Crippen molar-refractivity contribution >= 4 is 27.5 Å². The average Bonchev–Trinajstić information content (AvgIpc) is 2.53. The van der Waals surface area contributed by atoms with Crippen LogP contribution in [0.5, 0.6) is 0 Å². The number of carbonyl (C=O) groups is 1. The number of hydrogen-bond acceptors (Lipinski definition) is 3. The van der Waals surface area contributed by atoms with Gasteiger partial charge in [0.25, 0.3) is 0 Å². The van der Waals surface area contributed by atoms with E-state index in [1.165, 1.54) is 0 Å². The van der Waals surface area contributed by atoms with Crippen LogP contribution < -0.4 is 0 Å². The molecule has 0 saturated carbocycles. The smallest absolute Gasteiger partial charge is 0.382 e. The van der Waals surface area contributed by atoms with Crippen LogP contribution in [0.1, 0.15) is 10.6 Å². The predicted octanol–water partition coefficient (Wildman–Crippen LogP) is 2.04. The van der Waals surface area contributed by atoms with E-state index in [1.807, 2.05) is 19.1 Å². The van der Waals surface area contributed by atoms with Gasteiger partial charge in [-0.1, -0.05) is 5.92 Å². The summed E-state index contributed by atoms with van der Waals surface area (Å²) in [5.74, 6) is 3.54. The minimum Gasteiger partial charge on any atom is -0.472 e. The zero-order chi connectivity index (χ0) is 10.8. The van der Waals surface area contributed by atoms with Crippen molar-refractivity contribution < 1.29 is 9.90 Å². The van der Waals surface area contributed by atoms with Crippen LogP contribution in [0.4, 0.5) is 0 Å². The van der Waals surface area contributed by atoms with Crippen molar-refractivity contribution in [1.29, 1.82) is 0 Å². The van der Waals surface area contributed by atoms with E-state index < -0.39 is 5.97 Å². The van der Waals surface area contributed by atoms with Crippen molar-refractivity contribution in [2.45, 2.75) is 6.92 Å². The molecule has 1 aromatic heterocycles. The highest BCUT2D eigenvalue weighted by Gasteiger charge is 2.00. The molecule has 0 aliphatic carbocycles. The Hall–Kier alpha value is -1.86. The molecule has 15 heavy (non-hydrogen) atoms. The zero-order valence-electron chi connectivity index (χ0n) is 7.94. The van der Waals surface area contributed by atoms with Crippen LogP contribution >= 0.6 is 11.3 Å². The predicted molar refractivity (Wildman–Crippen MR) is 58.9 cm³/mol. The molecule has 1 heterocycles. The maximum Gasteiger partial charge on any atom is 0.382 e. The number of thiazole rings is 1. The van der Waals surface area contributed by atoms with Gasteiger partial charge in [-0.05, 0) is 25.1 Å². The largest absolute Gasteiger partial charge is 0.472 e. The van der Waals surface area contributed by atoms with E-state index in [1.54, 1.807) is 17.4 Å². The molecule has 0 unspecified atom stereocenters. The molecule has 0 amide bonds. The number of benzene rings is 1. The Kier molecular flexibility index (Phi) is 2.40. The van der Waals surface area contributed by atoms with E-state index in [-0.39, 0.29) is 0 Å². The van der Waals surface area contributed by atoms with Crippen LogP contribution in [0, 0.1) is 18.8 Å². The molecule has 2 aromatic rings. The standard InChI is InChI=1S/C11H7NO2S/c1-7-12-9-4-2-8(3-5-11(13)14)6-10(9)15-7/h2,4,6H,1H3,(H,13,14). The fourth-order valence-electron chi connectivity index (χ4n) is 1.24. The topological polar surface area (TPSA) is 50.2 Å². The van der Waals surface area contributed by atoms with Gasteiger partial charge in [0.1, 0.15) is 0 Å². The van der Waals surface area contributed by atoms with Gasteiger partial charge in [-0.2, -0.15) is 0 Å². The third-order valence-corrected chi connectivity index (χ3v) is 2.74. The Morgan fingerprint density at radius 2 is 2.33 bits per heavy atom. The third-order valence-electron chi connectivity index (χ3n) is 1.81. The van der Waals surface area contributed by atoms with Gasteiger partial charge in [0.2, 0.25) is 0 Å². The lowest BCUT2D eigenvalue weighted by Crippen LogP contribution is -1.86. The van der Waals surface area contributed by atoms with Crippen LogP contribution in [0.3, 0.4) is 0 Å². The minimum atomic E-state index is -1.12. The first-order valence-corrected chi connectivity index (χ1v) is 5.09. The van der Waals surface area contributed by atoms with Crippen molar-refractivity contribution in [2.24, 2.45) is 0 Å². The molecule has 0 bridgehead atoms. The molecule has 4 heteroatoms. The van der Waals surface area contributed by atoms with Crippen molar-refractivity contribution in [1.82, 2.24) is 4.98 Å². The van der Waals surface area contributed by atoms with E-state index in [4.69, 9.17) is 5.11 Å². The first-order valence-electron chi connectivity index (χ1n) is 4.27. The molecule has 0 aliphatic rings. The number of fused-ring (bicyclic) bond motifs is 1. The molecule has 0 fully saturated rings. The highest BCUT2D eigenvalue weighted by atomic mass is 32.1. The van der Waals surface area contributed by atoms with Gasteiger partial charge in [-0.3, -0.25) is 0 Å². The van der Waals surface area contributed by atoms with Gasteiger partial charge in [0, 0.05) is 11.5 Å². The normalized spacial score (nSPS) is 9.67. The number of rotatable bonds is 0. The number of hydrogen-bond donors (Lipinski definition) is 1. The Bertz CT molecular complexity index is 589.